The molecule has 116 valence electrons. The van der Waals surface area contributed by atoms with Gasteiger partial charge in [-0.3, -0.25) is 4.79 Å². The van der Waals surface area contributed by atoms with Crippen molar-refractivity contribution in [1.29, 1.82) is 0 Å². The van der Waals surface area contributed by atoms with Crippen LogP contribution in [0.25, 0.3) is 0 Å². The molecule has 1 unspecified atom stereocenters. The van der Waals surface area contributed by atoms with E-state index in [2.05, 4.69) is 20.6 Å². The highest BCUT2D eigenvalue weighted by Gasteiger charge is 2.25. The van der Waals surface area contributed by atoms with Gasteiger partial charge in [0.1, 0.15) is 11.5 Å². The number of hydrogen-bond donors (Lipinski definition) is 2. The van der Waals surface area contributed by atoms with Gasteiger partial charge in [-0.25, -0.2) is 9.97 Å². The van der Waals surface area contributed by atoms with Crippen molar-refractivity contribution in [2.75, 3.05) is 25.5 Å². The van der Waals surface area contributed by atoms with Crippen molar-refractivity contribution in [2.45, 2.75) is 18.9 Å². The minimum absolute atomic E-state index is 0.00488. The summed E-state index contributed by atoms with van der Waals surface area (Å²) in [5.41, 5.74) is 0.500. The number of likely N-dealkylation sites (tertiary alicyclic amines) is 1. The second-order valence-electron chi connectivity index (χ2n) is 5.26. The van der Waals surface area contributed by atoms with Gasteiger partial charge in [-0.1, -0.05) is 6.07 Å². The Morgan fingerprint density at radius 1 is 1.45 bits per heavy atom. The number of likely N-dealkylation sites (N-methyl/N-ethyl adjacent to an activating group) is 1. The monoisotopic (exact) mass is 317 g/mol. The van der Waals surface area contributed by atoms with Gasteiger partial charge in [0.05, 0.1) is 0 Å². The number of aromatic nitrogens is 2. The Bertz CT molecular complexity index is 630. The zero-order valence-corrected chi connectivity index (χ0v) is 13.3. The zero-order chi connectivity index (χ0) is 15.4. The number of carbonyl (C=O) groups excluding carboxylic acids is 1. The summed E-state index contributed by atoms with van der Waals surface area (Å²) in [4.78, 5) is 23.0. The molecule has 3 heterocycles. The second-order valence-corrected chi connectivity index (χ2v) is 6.11. The number of amides is 1. The number of rotatable bonds is 4. The van der Waals surface area contributed by atoms with Gasteiger partial charge in [0.15, 0.2) is 5.13 Å². The molecule has 0 saturated carbocycles. The van der Waals surface area contributed by atoms with Crippen molar-refractivity contribution in [3.8, 4) is 0 Å². The second kappa shape index (κ2) is 6.85. The fourth-order valence-electron chi connectivity index (χ4n) is 2.53. The van der Waals surface area contributed by atoms with Gasteiger partial charge < -0.3 is 15.5 Å². The molecule has 1 fully saturated rings. The number of piperidine rings is 1. The summed E-state index contributed by atoms with van der Waals surface area (Å²) in [6.07, 6.45) is 3.86. The molecule has 0 spiro atoms. The summed E-state index contributed by atoms with van der Waals surface area (Å²) in [5, 5.41) is 8.85. The Morgan fingerprint density at radius 2 is 2.36 bits per heavy atom. The summed E-state index contributed by atoms with van der Waals surface area (Å²) in [5.74, 6) is 0.731. The summed E-state index contributed by atoms with van der Waals surface area (Å²) >= 11 is 1.42. The van der Waals surface area contributed by atoms with Crippen molar-refractivity contribution in [1.82, 2.24) is 20.2 Å². The first kappa shape index (κ1) is 14.9. The van der Waals surface area contributed by atoms with Gasteiger partial charge >= 0.3 is 0 Å². The van der Waals surface area contributed by atoms with Crippen molar-refractivity contribution >= 4 is 28.2 Å². The smallest absolute Gasteiger partial charge is 0.273 e. The molecule has 1 amide bonds. The minimum Gasteiger partial charge on any atom is -0.336 e. The number of anilines is 2. The predicted octanol–water partition coefficient (Wildman–Crippen LogP) is 2.11. The number of pyridine rings is 1. The van der Waals surface area contributed by atoms with E-state index in [1.54, 1.807) is 11.6 Å². The van der Waals surface area contributed by atoms with Crippen LogP contribution in [0.5, 0.6) is 0 Å². The van der Waals surface area contributed by atoms with Crippen LogP contribution in [-0.4, -0.2) is 47.0 Å². The maximum atomic E-state index is 12.5. The van der Waals surface area contributed by atoms with Crippen LogP contribution in [-0.2, 0) is 0 Å². The highest BCUT2D eigenvalue weighted by molar-refractivity contribution is 7.14. The van der Waals surface area contributed by atoms with Crippen molar-refractivity contribution in [3.05, 3.63) is 35.5 Å². The first-order valence-corrected chi connectivity index (χ1v) is 8.24. The maximum Gasteiger partial charge on any atom is 0.273 e. The number of hydrogen-bond acceptors (Lipinski definition) is 6. The molecule has 1 saturated heterocycles. The molecule has 22 heavy (non-hydrogen) atoms. The molecule has 1 atom stereocenters. The van der Waals surface area contributed by atoms with Gasteiger partial charge in [0, 0.05) is 30.7 Å². The fraction of sp³-hybridized carbons (Fsp3) is 0.400. The normalized spacial score (nSPS) is 18.2. The number of nitrogens with zero attached hydrogens (tertiary/aromatic N) is 3. The lowest BCUT2D eigenvalue weighted by molar-refractivity contribution is 0.0693. The van der Waals surface area contributed by atoms with Gasteiger partial charge in [-0.05, 0) is 32.0 Å². The molecule has 3 rings (SSSR count). The van der Waals surface area contributed by atoms with Crippen molar-refractivity contribution in [3.63, 3.8) is 0 Å². The lowest BCUT2D eigenvalue weighted by Crippen LogP contribution is -2.47. The van der Waals surface area contributed by atoms with E-state index in [-0.39, 0.29) is 5.91 Å². The quantitative estimate of drug-likeness (QED) is 0.904. The Hall–Kier alpha value is -1.99. The lowest BCUT2D eigenvalue weighted by Gasteiger charge is -2.32. The summed E-state index contributed by atoms with van der Waals surface area (Å²) in [6.45, 7) is 1.55. The molecule has 0 bridgehead atoms. The van der Waals surface area contributed by atoms with E-state index in [0.717, 1.165) is 31.7 Å². The molecule has 1 aliphatic rings. The molecule has 0 radical (unpaired) electrons. The van der Waals surface area contributed by atoms with E-state index in [9.17, 15) is 4.79 Å². The Kier molecular flexibility index (Phi) is 4.65. The molecule has 2 aromatic rings. The molecule has 6 nitrogen and oxygen atoms in total. The SMILES string of the molecule is CNC1CCCN(C(=O)c2csc(Nc3ccccn3)n2)C1. The first-order chi connectivity index (χ1) is 10.8. The van der Waals surface area contributed by atoms with Crippen LogP contribution in [0.2, 0.25) is 0 Å². The van der Waals surface area contributed by atoms with Gasteiger partial charge in [-0.2, -0.15) is 0 Å². The first-order valence-electron chi connectivity index (χ1n) is 7.36. The maximum absolute atomic E-state index is 12.5. The van der Waals surface area contributed by atoms with Crippen LogP contribution in [0.15, 0.2) is 29.8 Å². The molecule has 2 aromatic heterocycles. The minimum atomic E-state index is 0.00488. The summed E-state index contributed by atoms with van der Waals surface area (Å²) < 4.78 is 0. The Morgan fingerprint density at radius 3 is 3.14 bits per heavy atom. The number of thiazole rings is 1. The van der Waals surface area contributed by atoms with Crippen LogP contribution in [0.3, 0.4) is 0 Å². The van der Waals surface area contributed by atoms with E-state index >= 15 is 0 Å². The highest BCUT2D eigenvalue weighted by Crippen LogP contribution is 2.21. The van der Waals surface area contributed by atoms with E-state index in [1.165, 1.54) is 11.3 Å². The Labute approximate surface area is 133 Å². The average molecular weight is 317 g/mol. The molecular formula is C15H19N5OS. The van der Waals surface area contributed by atoms with E-state index in [4.69, 9.17) is 0 Å². The zero-order valence-electron chi connectivity index (χ0n) is 12.5. The summed E-state index contributed by atoms with van der Waals surface area (Å²) in [7, 11) is 1.94. The van der Waals surface area contributed by atoms with Crippen molar-refractivity contribution in [2.24, 2.45) is 0 Å². The van der Waals surface area contributed by atoms with Crippen LogP contribution >= 0.6 is 11.3 Å². The third-order valence-electron chi connectivity index (χ3n) is 3.74. The van der Waals surface area contributed by atoms with E-state index in [0.29, 0.717) is 16.9 Å². The van der Waals surface area contributed by atoms with E-state index < -0.39 is 0 Å². The average Bonchev–Trinajstić information content (AvgIpc) is 3.03. The fourth-order valence-corrected chi connectivity index (χ4v) is 3.23. The topological polar surface area (TPSA) is 70.2 Å². The molecule has 7 heteroatoms. The van der Waals surface area contributed by atoms with Gasteiger partial charge in [0.25, 0.3) is 5.91 Å². The van der Waals surface area contributed by atoms with Crippen LogP contribution in [0, 0.1) is 0 Å². The van der Waals surface area contributed by atoms with Crippen LogP contribution in [0.4, 0.5) is 10.9 Å². The van der Waals surface area contributed by atoms with Crippen LogP contribution < -0.4 is 10.6 Å². The molecule has 0 aliphatic carbocycles. The number of nitrogens with one attached hydrogen (secondary N) is 2. The third-order valence-corrected chi connectivity index (χ3v) is 4.50. The highest BCUT2D eigenvalue weighted by atomic mass is 32.1. The Balaban J connectivity index is 1.66. The predicted molar refractivity (Wildman–Crippen MR) is 87.6 cm³/mol. The van der Waals surface area contributed by atoms with Crippen LogP contribution in [0.1, 0.15) is 23.3 Å². The molecular weight excluding hydrogens is 298 g/mol. The lowest BCUT2D eigenvalue weighted by atomic mass is 10.1. The van der Waals surface area contributed by atoms with Crippen molar-refractivity contribution < 1.29 is 4.79 Å². The standard InChI is InChI=1S/C15H19N5OS/c1-16-11-5-4-8-20(9-11)14(21)12-10-22-15(18-12)19-13-6-2-3-7-17-13/h2-3,6-7,10-11,16H,4-5,8-9H2,1H3,(H,17,18,19). The van der Waals surface area contributed by atoms with E-state index in [1.807, 2.05) is 30.1 Å². The third kappa shape index (κ3) is 3.42. The molecule has 1 aliphatic heterocycles. The number of carbonyl (C=O) groups is 1. The molecule has 2 N–H and O–H groups in total. The largest absolute Gasteiger partial charge is 0.336 e. The molecule has 0 aromatic carbocycles. The van der Waals surface area contributed by atoms with Gasteiger partial charge in [-0.15, -0.1) is 11.3 Å². The van der Waals surface area contributed by atoms with Gasteiger partial charge in [0.2, 0.25) is 0 Å². The summed E-state index contributed by atoms with van der Waals surface area (Å²) in [6, 6.07) is 6.00.